The zero-order valence-electron chi connectivity index (χ0n) is 11.0. The molecule has 0 spiro atoms. The van der Waals surface area contributed by atoms with Crippen LogP contribution in [0.5, 0.6) is 0 Å². The van der Waals surface area contributed by atoms with E-state index in [9.17, 15) is 0 Å². The average Bonchev–Trinajstić information content (AvgIpc) is 2.00. The van der Waals surface area contributed by atoms with Gasteiger partial charge in [0.2, 0.25) is 0 Å². The zero-order chi connectivity index (χ0) is 11.9. The fraction of sp³-hybridized carbons (Fsp3) is 0.714. The topological polar surface area (TPSA) is 26.0 Å². The second kappa shape index (κ2) is 3.48. The Balaban J connectivity index is 3.17. The van der Waals surface area contributed by atoms with Crippen LogP contribution in [0.25, 0.3) is 0 Å². The third-order valence-electron chi connectivity index (χ3n) is 3.53. The number of rotatable bonds is 0. The van der Waals surface area contributed by atoms with E-state index in [1.165, 1.54) is 0 Å². The molecule has 0 saturated heterocycles. The summed E-state index contributed by atoms with van der Waals surface area (Å²) in [5, 5.41) is 0. The van der Waals surface area contributed by atoms with Crippen molar-refractivity contribution in [3.05, 3.63) is 24.3 Å². The first-order valence-electron chi connectivity index (χ1n) is 5.74. The fourth-order valence-electron chi connectivity index (χ4n) is 2.37. The molecule has 15 heavy (non-hydrogen) atoms. The van der Waals surface area contributed by atoms with Crippen LogP contribution in [0.4, 0.5) is 0 Å². The predicted molar refractivity (Wildman–Crippen MR) is 67.6 cm³/mol. The van der Waals surface area contributed by atoms with E-state index < -0.39 is 0 Å². The second-order valence-electron chi connectivity index (χ2n) is 6.77. The normalized spacial score (nSPS) is 32.1. The van der Waals surface area contributed by atoms with E-state index >= 15 is 0 Å². The molecule has 0 aliphatic heterocycles. The smallest absolute Gasteiger partial charge is 0.0460 e. The molecule has 2 N–H and O–H groups in total. The maximum Gasteiger partial charge on any atom is 0.0460 e. The van der Waals surface area contributed by atoms with Gasteiger partial charge in [-0.15, -0.1) is 0 Å². The van der Waals surface area contributed by atoms with Crippen molar-refractivity contribution in [3.8, 4) is 0 Å². The first kappa shape index (κ1) is 12.5. The summed E-state index contributed by atoms with van der Waals surface area (Å²) >= 11 is 0. The second-order valence-corrected chi connectivity index (χ2v) is 6.77. The van der Waals surface area contributed by atoms with Gasteiger partial charge >= 0.3 is 0 Å². The zero-order valence-corrected chi connectivity index (χ0v) is 11.0. The number of allylic oxidation sites excluding steroid dienone is 2. The fourth-order valence-corrected chi connectivity index (χ4v) is 2.37. The van der Waals surface area contributed by atoms with Gasteiger partial charge in [0, 0.05) is 11.5 Å². The number of nitrogens with two attached hydrogens (primary N) is 1. The van der Waals surface area contributed by atoms with E-state index in [1.807, 2.05) is 0 Å². The lowest BCUT2D eigenvalue weighted by Gasteiger charge is -2.50. The van der Waals surface area contributed by atoms with Gasteiger partial charge in [-0.25, -0.2) is 0 Å². The first-order valence-corrected chi connectivity index (χ1v) is 5.74. The van der Waals surface area contributed by atoms with E-state index in [1.54, 1.807) is 0 Å². The molecule has 86 valence electrons. The van der Waals surface area contributed by atoms with Crippen molar-refractivity contribution < 1.29 is 0 Å². The highest BCUT2D eigenvalue weighted by Gasteiger charge is 2.46. The highest BCUT2D eigenvalue weighted by molar-refractivity contribution is 5.28. The lowest BCUT2D eigenvalue weighted by Crippen LogP contribution is -2.58. The molecule has 0 aromatic heterocycles. The van der Waals surface area contributed by atoms with Crippen LogP contribution in [0.1, 0.15) is 41.5 Å². The Labute approximate surface area is 94.4 Å². The molecule has 0 saturated carbocycles. The van der Waals surface area contributed by atoms with E-state index in [0.717, 1.165) is 0 Å². The van der Waals surface area contributed by atoms with E-state index in [4.69, 9.17) is 5.73 Å². The largest absolute Gasteiger partial charge is 0.321 e. The SMILES string of the molecule is CC(C)(C)C1C=CC=CC1(N)C(C)(C)C. The lowest BCUT2D eigenvalue weighted by molar-refractivity contribution is 0.107. The molecule has 1 aliphatic carbocycles. The Morgan fingerprint density at radius 1 is 1.00 bits per heavy atom. The van der Waals surface area contributed by atoms with E-state index in [2.05, 4.69) is 65.8 Å². The van der Waals surface area contributed by atoms with Crippen molar-refractivity contribution in [2.75, 3.05) is 0 Å². The summed E-state index contributed by atoms with van der Waals surface area (Å²) in [6.45, 7) is 13.4. The summed E-state index contributed by atoms with van der Waals surface area (Å²) in [5.74, 6) is 0.384. The highest BCUT2D eigenvalue weighted by Crippen LogP contribution is 2.45. The van der Waals surface area contributed by atoms with Gasteiger partial charge in [0.25, 0.3) is 0 Å². The Kier molecular flexibility index (Phi) is 2.90. The molecule has 0 fully saturated rings. The third kappa shape index (κ3) is 2.17. The summed E-state index contributed by atoms with van der Waals surface area (Å²) in [6.07, 6.45) is 8.62. The molecular weight excluding hydrogens is 182 g/mol. The van der Waals surface area contributed by atoms with Crippen LogP contribution in [0.15, 0.2) is 24.3 Å². The lowest BCUT2D eigenvalue weighted by atomic mass is 9.58. The molecule has 1 heteroatoms. The molecule has 0 bridgehead atoms. The van der Waals surface area contributed by atoms with Gasteiger partial charge in [-0.3, -0.25) is 0 Å². The molecular formula is C14H25N. The van der Waals surface area contributed by atoms with Gasteiger partial charge < -0.3 is 5.73 Å². The van der Waals surface area contributed by atoms with Gasteiger partial charge in [0.1, 0.15) is 0 Å². The Hall–Kier alpha value is -0.560. The van der Waals surface area contributed by atoms with Crippen molar-refractivity contribution >= 4 is 0 Å². The van der Waals surface area contributed by atoms with Crippen LogP contribution in [-0.4, -0.2) is 5.54 Å². The van der Waals surface area contributed by atoms with Gasteiger partial charge in [-0.2, -0.15) is 0 Å². The minimum absolute atomic E-state index is 0.0756. The Morgan fingerprint density at radius 3 is 1.87 bits per heavy atom. The number of hydrogen-bond donors (Lipinski definition) is 1. The van der Waals surface area contributed by atoms with Crippen LogP contribution < -0.4 is 5.73 Å². The van der Waals surface area contributed by atoms with Gasteiger partial charge in [-0.05, 0) is 10.8 Å². The van der Waals surface area contributed by atoms with Gasteiger partial charge in [0.15, 0.2) is 0 Å². The van der Waals surface area contributed by atoms with Crippen LogP contribution in [0.3, 0.4) is 0 Å². The summed E-state index contributed by atoms with van der Waals surface area (Å²) in [7, 11) is 0. The van der Waals surface area contributed by atoms with Crippen molar-refractivity contribution in [2.24, 2.45) is 22.5 Å². The Morgan fingerprint density at radius 2 is 1.53 bits per heavy atom. The standard InChI is InChI=1S/C14H25N/c1-12(2,3)11-9-7-8-10-14(11,15)13(4,5)6/h7-11H,15H2,1-6H3. The quantitative estimate of drug-likeness (QED) is 0.646. The molecule has 2 atom stereocenters. The van der Waals surface area contributed by atoms with Crippen LogP contribution in [-0.2, 0) is 0 Å². The van der Waals surface area contributed by atoms with Crippen molar-refractivity contribution in [2.45, 2.75) is 47.1 Å². The molecule has 0 radical (unpaired) electrons. The minimum atomic E-state index is -0.250. The Bertz CT molecular complexity index is 285. The monoisotopic (exact) mass is 207 g/mol. The summed E-state index contributed by atoms with van der Waals surface area (Å²) < 4.78 is 0. The molecule has 1 nitrogen and oxygen atoms in total. The van der Waals surface area contributed by atoms with E-state index in [-0.39, 0.29) is 16.4 Å². The van der Waals surface area contributed by atoms with Crippen LogP contribution >= 0.6 is 0 Å². The van der Waals surface area contributed by atoms with Crippen molar-refractivity contribution in [1.82, 2.24) is 0 Å². The summed E-state index contributed by atoms with van der Waals surface area (Å²) in [4.78, 5) is 0. The molecule has 2 unspecified atom stereocenters. The molecule has 0 aromatic carbocycles. The van der Waals surface area contributed by atoms with Gasteiger partial charge in [0.05, 0.1) is 0 Å². The minimum Gasteiger partial charge on any atom is -0.321 e. The molecule has 1 rings (SSSR count). The maximum absolute atomic E-state index is 6.63. The molecule has 0 aromatic rings. The predicted octanol–water partition coefficient (Wildman–Crippen LogP) is 3.52. The summed E-state index contributed by atoms with van der Waals surface area (Å²) in [6, 6.07) is 0. The van der Waals surface area contributed by atoms with Crippen molar-refractivity contribution in [1.29, 1.82) is 0 Å². The summed E-state index contributed by atoms with van der Waals surface area (Å²) in [5.41, 5.74) is 6.65. The van der Waals surface area contributed by atoms with Crippen LogP contribution in [0, 0.1) is 16.7 Å². The maximum atomic E-state index is 6.63. The van der Waals surface area contributed by atoms with Crippen LogP contribution in [0.2, 0.25) is 0 Å². The molecule has 0 heterocycles. The number of hydrogen-bond acceptors (Lipinski definition) is 1. The molecule has 1 aliphatic rings. The van der Waals surface area contributed by atoms with E-state index in [0.29, 0.717) is 5.92 Å². The molecule has 0 amide bonds. The first-order chi connectivity index (χ1) is 6.59. The third-order valence-corrected chi connectivity index (χ3v) is 3.53. The average molecular weight is 207 g/mol. The van der Waals surface area contributed by atoms with Gasteiger partial charge in [-0.1, -0.05) is 65.8 Å². The van der Waals surface area contributed by atoms with Crippen molar-refractivity contribution in [3.63, 3.8) is 0 Å². The highest BCUT2D eigenvalue weighted by atomic mass is 14.8.